The molecule has 0 spiro atoms. The van der Waals surface area contributed by atoms with E-state index < -0.39 is 5.63 Å². The van der Waals surface area contributed by atoms with Crippen molar-refractivity contribution < 1.29 is 13.9 Å². The van der Waals surface area contributed by atoms with Crippen LogP contribution >= 0.6 is 11.3 Å². The largest absolute Gasteiger partial charge is 0.507 e. The lowest BCUT2D eigenvalue weighted by atomic mass is 9.90. The molecule has 1 aromatic carbocycles. The molecule has 0 aliphatic heterocycles. The zero-order valence-electron chi connectivity index (χ0n) is 15.7. The van der Waals surface area contributed by atoms with E-state index in [0.717, 1.165) is 29.7 Å². The average molecular weight is 398 g/mol. The Labute approximate surface area is 167 Å². The van der Waals surface area contributed by atoms with E-state index in [1.807, 2.05) is 24.4 Å². The Morgan fingerprint density at radius 3 is 2.57 bits per heavy atom. The van der Waals surface area contributed by atoms with E-state index in [2.05, 4.69) is 0 Å². The standard InChI is InChI=1S/C23H23FO3S/c1-2-15(12-14-5-9-17(24)10-6-14)19-13-18(25)22(23(26)27-19)21(16-7-8-16)20-4-3-11-28-20/h3-6,9-11,13,15-16,21,25H,2,7-8,12H2,1H3. The molecule has 0 bridgehead atoms. The Bertz CT molecular complexity index is 988. The Morgan fingerprint density at radius 2 is 2.00 bits per heavy atom. The molecule has 28 heavy (non-hydrogen) atoms. The minimum atomic E-state index is -0.446. The Morgan fingerprint density at radius 1 is 1.25 bits per heavy atom. The van der Waals surface area contributed by atoms with Crippen LogP contribution in [0.3, 0.4) is 0 Å². The van der Waals surface area contributed by atoms with Gasteiger partial charge in [-0.25, -0.2) is 9.18 Å². The van der Waals surface area contributed by atoms with Gasteiger partial charge in [-0.3, -0.25) is 0 Å². The van der Waals surface area contributed by atoms with Crippen molar-refractivity contribution in [3.63, 3.8) is 0 Å². The third-order valence-corrected chi connectivity index (χ3v) is 6.49. The van der Waals surface area contributed by atoms with Crippen LogP contribution in [0.4, 0.5) is 4.39 Å². The van der Waals surface area contributed by atoms with Crippen molar-refractivity contribution >= 4 is 11.3 Å². The lowest BCUT2D eigenvalue weighted by molar-refractivity contribution is 0.380. The van der Waals surface area contributed by atoms with Gasteiger partial charge in [-0.2, -0.15) is 0 Å². The number of halogens is 1. The van der Waals surface area contributed by atoms with Crippen LogP contribution in [-0.4, -0.2) is 5.11 Å². The van der Waals surface area contributed by atoms with Crippen molar-refractivity contribution in [2.75, 3.05) is 0 Å². The number of hydrogen-bond acceptors (Lipinski definition) is 4. The van der Waals surface area contributed by atoms with E-state index in [1.54, 1.807) is 29.5 Å². The first-order valence-electron chi connectivity index (χ1n) is 9.71. The first kappa shape index (κ1) is 18.9. The maximum absolute atomic E-state index is 13.1. The first-order valence-corrected chi connectivity index (χ1v) is 10.6. The molecule has 1 saturated carbocycles. The number of benzene rings is 1. The molecule has 2 atom stereocenters. The molecule has 2 aromatic heterocycles. The van der Waals surface area contributed by atoms with Gasteiger partial charge in [-0.1, -0.05) is 25.1 Å². The fourth-order valence-corrected chi connectivity index (χ4v) is 4.78. The summed E-state index contributed by atoms with van der Waals surface area (Å²) in [6, 6.07) is 11.9. The highest BCUT2D eigenvalue weighted by Gasteiger charge is 2.38. The van der Waals surface area contributed by atoms with Gasteiger partial charge in [0.25, 0.3) is 0 Å². The van der Waals surface area contributed by atoms with Crippen LogP contribution in [0, 0.1) is 11.7 Å². The fraction of sp³-hybridized carbons (Fsp3) is 0.348. The van der Waals surface area contributed by atoms with E-state index in [4.69, 9.17) is 4.42 Å². The highest BCUT2D eigenvalue weighted by Crippen LogP contribution is 2.49. The zero-order valence-corrected chi connectivity index (χ0v) is 16.5. The van der Waals surface area contributed by atoms with E-state index in [-0.39, 0.29) is 23.4 Å². The summed E-state index contributed by atoms with van der Waals surface area (Å²) in [6.45, 7) is 2.01. The zero-order chi connectivity index (χ0) is 19.7. The molecule has 3 aromatic rings. The molecule has 3 nitrogen and oxygen atoms in total. The van der Waals surface area contributed by atoms with Crippen molar-refractivity contribution in [1.82, 2.24) is 0 Å². The smallest absolute Gasteiger partial charge is 0.343 e. The van der Waals surface area contributed by atoms with E-state index >= 15 is 0 Å². The lowest BCUT2D eigenvalue weighted by Crippen LogP contribution is -2.17. The molecule has 146 valence electrons. The quantitative estimate of drug-likeness (QED) is 0.545. The summed E-state index contributed by atoms with van der Waals surface area (Å²) in [5.41, 5.74) is 0.900. The fourth-order valence-electron chi connectivity index (χ4n) is 3.86. The highest BCUT2D eigenvalue weighted by atomic mass is 32.1. The molecule has 5 heteroatoms. The van der Waals surface area contributed by atoms with Gasteiger partial charge < -0.3 is 9.52 Å². The summed E-state index contributed by atoms with van der Waals surface area (Å²) < 4.78 is 18.9. The molecule has 1 fully saturated rings. The molecular weight excluding hydrogens is 375 g/mol. The normalized spacial score (nSPS) is 16.1. The van der Waals surface area contributed by atoms with Crippen LogP contribution < -0.4 is 5.63 Å². The molecule has 1 aliphatic rings. The summed E-state index contributed by atoms with van der Waals surface area (Å²) in [7, 11) is 0. The number of hydrogen-bond donors (Lipinski definition) is 1. The molecule has 0 saturated heterocycles. The van der Waals surface area contributed by atoms with Gasteiger partial charge >= 0.3 is 5.63 Å². The minimum Gasteiger partial charge on any atom is -0.507 e. The summed E-state index contributed by atoms with van der Waals surface area (Å²) in [5, 5.41) is 12.8. The Hall–Kier alpha value is -2.40. The minimum absolute atomic E-state index is 0.0223. The second-order valence-corrected chi connectivity index (χ2v) is 8.48. The van der Waals surface area contributed by atoms with Crippen molar-refractivity contribution in [1.29, 1.82) is 0 Å². The van der Waals surface area contributed by atoms with Crippen molar-refractivity contribution in [2.24, 2.45) is 5.92 Å². The van der Waals surface area contributed by atoms with Crippen molar-refractivity contribution in [2.45, 2.75) is 44.4 Å². The number of rotatable bonds is 7. The highest BCUT2D eigenvalue weighted by molar-refractivity contribution is 7.10. The first-order chi connectivity index (χ1) is 13.6. The van der Waals surface area contributed by atoms with E-state index in [0.29, 0.717) is 23.7 Å². The van der Waals surface area contributed by atoms with Crippen LogP contribution in [0.1, 0.15) is 59.8 Å². The van der Waals surface area contributed by atoms with Gasteiger partial charge in [0.05, 0.1) is 5.56 Å². The van der Waals surface area contributed by atoms with Crippen LogP contribution in [0.5, 0.6) is 5.75 Å². The molecule has 4 rings (SSSR count). The lowest BCUT2D eigenvalue weighted by Gasteiger charge is -2.18. The van der Waals surface area contributed by atoms with E-state index in [9.17, 15) is 14.3 Å². The molecule has 0 amide bonds. The number of aromatic hydroxyl groups is 1. The predicted octanol–water partition coefficient (Wildman–Crippen LogP) is 5.82. The van der Waals surface area contributed by atoms with E-state index in [1.165, 1.54) is 12.1 Å². The number of thiophene rings is 1. The van der Waals surface area contributed by atoms with Gasteiger partial charge in [-0.15, -0.1) is 11.3 Å². The average Bonchev–Trinajstić information content (AvgIpc) is 3.37. The Kier molecular flexibility index (Phi) is 5.36. The topological polar surface area (TPSA) is 50.4 Å². The van der Waals surface area contributed by atoms with Gasteiger partial charge in [-0.05, 0) is 60.7 Å². The summed E-state index contributed by atoms with van der Waals surface area (Å²) >= 11 is 1.61. The molecular formula is C23H23FO3S. The molecule has 2 unspecified atom stereocenters. The third kappa shape index (κ3) is 3.90. The van der Waals surface area contributed by atoms with Crippen molar-refractivity contribution in [3.05, 3.63) is 85.8 Å². The summed E-state index contributed by atoms with van der Waals surface area (Å²) in [6.07, 6.45) is 3.49. The van der Waals surface area contributed by atoms with Crippen molar-refractivity contribution in [3.8, 4) is 5.75 Å². The molecule has 0 radical (unpaired) electrons. The summed E-state index contributed by atoms with van der Waals surface area (Å²) in [5.74, 6) is 0.471. The monoisotopic (exact) mass is 398 g/mol. The van der Waals surface area contributed by atoms with Gasteiger partial charge in [0.15, 0.2) is 0 Å². The molecule has 1 aliphatic carbocycles. The van der Waals surface area contributed by atoms with Gasteiger partial charge in [0.2, 0.25) is 0 Å². The Balaban J connectivity index is 1.66. The van der Waals surface area contributed by atoms with Crippen LogP contribution in [0.2, 0.25) is 0 Å². The second kappa shape index (κ2) is 7.92. The maximum atomic E-state index is 13.1. The second-order valence-electron chi connectivity index (χ2n) is 7.50. The maximum Gasteiger partial charge on any atom is 0.343 e. The summed E-state index contributed by atoms with van der Waals surface area (Å²) in [4.78, 5) is 14.0. The SMILES string of the molecule is CCC(Cc1ccc(F)cc1)c1cc(O)c(C(c2cccs2)C2CC2)c(=O)o1. The van der Waals surface area contributed by atoms with Crippen LogP contribution in [0.25, 0.3) is 0 Å². The predicted molar refractivity (Wildman–Crippen MR) is 109 cm³/mol. The van der Waals surface area contributed by atoms with Gasteiger partial charge in [0.1, 0.15) is 17.3 Å². The molecule has 1 N–H and O–H groups in total. The third-order valence-electron chi connectivity index (χ3n) is 5.53. The van der Waals surface area contributed by atoms with Gasteiger partial charge in [0, 0.05) is 22.8 Å². The molecule has 2 heterocycles. The van der Waals surface area contributed by atoms with Crippen LogP contribution in [0.15, 0.2) is 57.1 Å². The van der Waals surface area contributed by atoms with Crippen LogP contribution in [-0.2, 0) is 6.42 Å².